The van der Waals surface area contributed by atoms with E-state index in [-0.39, 0.29) is 5.91 Å². The Morgan fingerprint density at radius 3 is 2.56 bits per heavy atom. The number of nitrogens with two attached hydrogens (primary N) is 1. The fourth-order valence-corrected chi connectivity index (χ4v) is 1.68. The molecule has 3 N–H and O–H groups in total. The van der Waals surface area contributed by atoms with Gasteiger partial charge in [-0.05, 0) is 24.8 Å². The summed E-state index contributed by atoms with van der Waals surface area (Å²) in [5, 5.41) is 2.45. The fourth-order valence-electron chi connectivity index (χ4n) is 1.68. The van der Waals surface area contributed by atoms with Crippen molar-refractivity contribution in [2.45, 2.75) is 25.4 Å². The SMILES string of the molecule is CNC(=O)C(CCCc1ccccc1)OC(N)=O. The monoisotopic (exact) mass is 250 g/mol. The number of nitrogens with one attached hydrogen (secondary N) is 1. The summed E-state index contributed by atoms with van der Waals surface area (Å²) in [6, 6.07) is 9.91. The molecule has 1 unspecified atom stereocenters. The Morgan fingerprint density at radius 2 is 2.00 bits per heavy atom. The normalized spacial score (nSPS) is 11.6. The minimum atomic E-state index is -0.927. The molecule has 0 bridgehead atoms. The van der Waals surface area contributed by atoms with Crippen molar-refractivity contribution in [3.63, 3.8) is 0 Å². The zero-order chi connectivity index (χ0) is 13.4. The number of benzene rings is 1. The second kappa shape index (κ2) is 7.32. The number of ether oxygens (including phenoxy) is 1. The molecule has 0 aromatic heterocycles. The Bertz CT molecular complexity index is 392. The van der Waals surface area contributed by atoms with Crippen molar-refractivity contribution in [1.82, 2.24) is 5.32 Å². The third-order valence-corrected chi connectivity index (χ3v) is 2.57. The fraction of sp³-hybridized carbons (Fsp3) is 0.385. The van der Waals surface area contributed by atoms with Crippen molar-refractivity contribution in [3.05, 3.63) is 35.9 Å². The van der Waals surface area contributed by atoms with Crippen LogP contribution in [-0.4, -0.2) is 25.2 Å². The van der Waals surface area contributed by atoms with E-state index in [9.17, 15) is 9.59 Å². The lowest BCUT2D eigenvalue weighted by Crippen LogP contribution is -2.37. The van der Waals surface area contributed by atoms with Gasteiger partial charge in [-0.2, -0.15) is 0 Å². The second-order valence-corrected chi connectivity index (χ2v) is 3.92. The van der Waals surface area contributed by atoms with Crippen LogP contribution in [0.2, 0.25) is 0 Å². The van der Waals surface area contributed by atoms with Crippen molar-refractivity contribution >= 4 is 12.0 Å². The van der Waals surface area contributed by atoms with Gasteiger partial charge in [0, 0.05) is 7.05 Å². The lowest BCUT2D eigenvalue weighted by Gasteiger charge is -2.14. The largest absolute Gasteiger partial charge is 0.436 e. The van der Waals surface area contributed by atoms with Crippen LogP contribution in [0.25, 0.3) is 0 Å². The molecule has 18 heavy (non-hydrogen) atoms. The molecular weight excluding hydrogens is 232 g/mol. The highest BCUT2D eigenvalue weighted by Crippen LogP contribution is 2.09. The molecule has 2 amide bonds. The van der Waals surface area contributed by atoms with Crippen LogP contribution in [0, 0.1) is 0 Å². The molecule has 5 nitrogen and oxygen atoms in total. The Balaban J connectivity index is 2.42. The number of aryl methyl sites for hydroxylation is 1. The van der Waals surface area contributed by atoms with Gasteiger partial charge in [-0.1, -0.05) is 30.3 Å². The van der Waals surface area contributed by atoms with Crippen LogP contribution in [0.5, 0.6) is 0 Å². The van der Waals surface area contributed by atoms with Gasteiger partial charge in [0.05, 0.1) is 0 Å². The molecule has 0 aliphatic rings. The lowest BCUT2D eigenvalue weighted by atomic mass is 10.1. The summed E-state index contributed by atoms with van der Waals surface area (Å²) in [6.07, 6.45) is 0.295. The molecule has 0 fully saturated rings. The van der Waals surface area contributed by atoms with Crippen molar-refractivity contribution in [3.8, 4) is 0 Å². The Labute approximate surface area is 106 Å². The summed E-state index contributed by atoms with van der Waals surface area (Å²) in [6.45, 7) is 0. The van der Waals surface area contributed by atoms with Gasteiger partial charge in [-0.25, -0.2) is 4.79 Å². The third-order valence-electron chi connectivity index (χ3n) is 2.57. The van der Waals surface area contributed by atoms with Crippen molar-refractivity contribution in [2.75, 3.05) is 7.05 Å². The molecule has 0 aliphatic carbocycles. The quantitative estimate of drug-likeness (QED) is 0.796. The van der Waals surface area contributed by atoms with Crippen molar-refractivity contribution in [1.29, 1.82) is 0 Å². The molecule has 98 valence electrons. The van der Waals surface area contributed by atoms with E-state index < -0.39 is 12.2 Å². The average molecular weight is 250 g/mol. The number of primary amides is 1. The number of carbonyl (C=O) groups is 2. The Hall–Kier alpha value is -2.04. The molecular formula is C13H18N2O3. The van der Waals surface area contributed by atoms with Crippen LogP contribution in [0.15, 0.2) is 30.3 Å². The predicted molar refractivity (Wildman–Crippen MR) is 67.9 cm³/mol. The van der Waals surface area contributed by atoms with E-state index in [2.05, 4.69) is 5.32 Å². The van der Waals surface area contributed by atoms with E-state index in [4.69, 9.17) is 10.5 Å². The summed E-state index contributed by atoms with van der Waals surface area (Å²) in [5.74, 6) is -0.332. The van der Waals surface area contributed by atoms with E-state index in [1.54, 1.807) is 0 Å². The van der Waals surface area contributed by atoms with E-state index in [1.807, 2.05) is 30.3 Å². The molecule has 0 saturated carbocycles. The van der Waals surface area contributed by atoms with Gasteiger partial charge in [-0.15, -0.1) is 0 Å². The lowest BCUT2D eigenvalue weighted by molar-refractivity contribution is -0.129. The summed E-state index contributed by atoms with van der Waals surface area (Å²) >= 11 is 0. The topological polar surface area (TPSA) is 81.4 Å². The van der Waals surface area contributed by atoms with E-state index in [1.165, 1.54) is 12.6 Å². The standard InChI is InChI=1S/C13H18N2O3/c1-15-12(16)11(18-13(14)17)9-5-8-10-6-3-2-4-7-10/h2-4,6-7,11H,5,8-9H2,1H3,(H2,14,17)(H,15,16). The molecule has 1 aromatic carbocycles. The number of likely N-dealkylation sites (N-methyl/N-ethyl adjacent to an activating group) is 1. The summed E-state index contributed by atoms with van der Waals surface area (Å²) in [5.41, 5.74) is 6.11. The van der Waals surface area contributed by atoms with Gasteiger partial charge < -0.3 is 15.8 Å². The highest BCUT2D eigenvalue weighted by atomic mass is 16.6. The Kier molecular flexibility index (Phi) is 5.70. The maximum absolute atomic E-state index is 11.4. The molecule has 1 atom stereocenters. The Morgan fingerprint density at radius 1 is 1.33 bits per heavy atom. The molecule has 0 aliphatic heterocycles. The van der Waals surface area contributed by atoms with Crippen molar-refractivity contribution in [2.24, 2.45) is 5.73 Å². The maximum Gasteiger partial charge on any atom is 0.405 e. The van der Waals surface area contributed by atoms with E-state index in [0.717, 1.165) is 12.8 Å². The van der Waals surface area contributed by atoms with E-state index >= 15 is 0 Å². The summed E-state index contributed by atoms with van der Waals surface area (Å²) < 4.78 is 4.77. The van der Waals surface area contributed by atoms with Gasteiger partial charge in [0.15, 0.2) is 6.10 Å². The zero-order valence-electron chi connectivity index (χ0n) is 10.4. The first-order valence-electron chi connectivity index (χ1n) is 5.85. The number of hydrogen-bond donors (Lipinski definition) is 2. The smallest absolute Gasteiger partial charge is 0.405 e. The summed E-state index contributed by atoms with van der Waals surface area (Å²) in [4.78, 5) is 22.1. The summed E-state index contributed by atoms with van der Waals surface area (Å²) in [7, 11) is 1.50. The van der Waals surface area contributed by atoms with Gasteiger partial charge in [-0.3, -0.25) is 4.79 Å². The highest BCUT2D eigenvalue weighted by molar-refractivity contribution is 5.82. The minimum absolute atomic E-state index is 0.332. The van der Waals surface area contributed by atoms with E-state index in [0.29, 0.717) is 6.42 Å². The van der Waals surface area contributed by atoms with Gasteiger partial charge in [0.25, 0.3) is 5.91 Å². The van der Waals surface area contributed by atoms with Gasteiger partial charge >= 0.3 is 6.09 Å². The minimum Gasteiger partial charge on any atom is -0.436 e. The molecule has 1 aromatic rings. The first-order valence-corrected chi connectivity index (χ1v) is 5.85. The number of amides is 2. The zero-order valence-corrected chi connectivity index (χ0v) is 10.4. The molecule has 0 saturated heterocycles. The molecule has 0 spiro atoms. The predicted octanol–water partition coefficient (Wildman–Crippen LogP) is 1.22. The maximum atomic E-state index is 11.4. The van der Waals surface area contributed by atoms with Crippen LogP contribution in [-0.2, 0) is 16.0 Å². The molecule has 0 heterocycles. The highest BCUT2D eigenvalue weighted by Gasteiger charge is 2.19. The second-order valence-electron chi connectivity index (χ2n) is 3.92. The van der Waals surface area contributed by atoms with Gasteiger partial charge in [0.1, 0.15) is 0 Å². The first kappa shape index (κ1) is 14.0. The van der Waals surface area contributed by atoms with Crippen LogP contribution in [0.4, 0.5) is 4.79 Å². The third kappa shape index (κ3) is 4.86. The number of hydrogen-bond acceptors (Lipinski definition) is 3. The number of carbonyl (C=O) groups excluding carboxylic acids is 2. The molecule has 0 radical (unpaired) electrons. The number of rotatable bonds is 6. The molecule has 5 heteroatoms. The van der Waals surface area contributed by atoms with Crippen LogP contribution < -0.4 is 11.1 Å². The van der Waals surface area contributed by atoms with Crippen LogP contribution in [0.3, 0.4) is 0 Å². The van der Waals surface area contributed by atoms with Crippen LogP contribution in [0.1, 0.15) is 18.4 Å². The molecule has 1 rings (SSSR count). The van der Waals surface area contributed by atoms with Crippen molar-refractivity contribution < 1.29 is 14.3 Å². The average Bonchev–Trinajstić information content (AvgIpc) is 2.37. The van der Waals surface area contributed by atoms with Gasteiger partial charge in [0.2, 0.25) is 0 Å². The first-order chi connectivity index (χ1) is 8.63. The van der Waals surface area contributed by atoms with Crippen LogP contribution >= 0.6 is 0 Å².